The van der Waals surface area contributed by atoms with Crippen molar-refractivity contribution < 1.29 is 13.2 Å². The van der Waals surface area contributed by atoms with Crippen LogP contribution < -0.4 is 5.43 Å². The van der Waals surface area contributed by atoms with Crippen molar-refractivity contribution in [2.75, 3.05) is 13.1 Å². The number of sulfonamides is 1. The van der Waals surface area contributed by atoms with Gasteiger partial charge in [0, 0.05) is 24.2 Å². The lowest BCUT2D eigenvalue weighted by molar-refractivity contribution is 0.0955. The molecule has 0 aliphatic rings. The quantitative estimate of drug-likeness (QED) is 0.478. The first-order valence-electron chi connectivity index (χ1n) is 9.38. The number of nitrogens with zero attached hydrogens (tertiary/aromatic N) is 2. The summed E-state index contributed by atoms with van der Waals surface area (Å²) in [4.78, 5) is 12.5. The lowest BCUT2D eigenvalue weighted by Crippen LogP contribution is -2.30. The van der Waals surface area contributed by atoms with Gasteiger partial charge in [-0.05, 0) is 29.0 Å². The molecule has 29 heavy (non-hydrogen) atoms. The van der Waals surface area contributed by atoms with Crippen LogP contribution in [0.4, 0.5) is 0 Å². The highest BCUT2D eigenvalue weighted by Crippen LogP contribution is 2.18. The fourth-order valence-corrected chi connectivity index (χ4v) is 4.60. The molecule has 0 fully saturated rings. The molecule has 1 amide bonds. The lowest BCUT2D eigenvalue weighted by Gasteiger charge is -2.18. The van der Waals surface area contributed by atoms with E-state index < -0.39 is 15.9 Å². The van der Waals surface area contributed by atoms with Crippen LogP contribution in [0.15, 0.2) is 76.7 Å². The first kappa shape index (κ1) is 20.7. The predicted octanol–water partition coefficient (Wildman–Crippen LogP) is 3.63. The molecule has 3 aromatic carbocycles. The molecule has 0 unspecified atom stereocenters. The minimum atomic E-state index is -3.63. The van der Waals surface area contributed by atoms with E-state index in [-0.39, 0.29) is 10.5 Å². The number of rotatable bonds is 7. The van der Waals surface area contributed by atoms with E-state index in [0.717, 1.165) is 16.3 Å². The molecule has 1 N–H and O–H groups in total. The van der Waals surface area contributed by atoms with Gasteiger partial charge >= 0.3 is 0 Å². The average molecular weight is 410 g/mol. The highest BCUT2D eigenvalue weighted by molar-refractivity contribution is 7.89. The van der Waals surface area contributed by atoms with E-state index >= 15 is 0 Å². The van der Waals surface area contributed by atoms with Crippen LogP contribution in [0.25, 0.3) is 10.8 Å². The first-order valence-corrected chi connectivity index (χ1v) is 10.8. The van der Waals surface area contributed by atoms with Crippen LogP contribution in [0.2, 0.25) is 0 Å². The van der Waals surface area contributed by atoms with Crippen molar-refractivity contribution in [1.82, 2.24) is 9.73 Å². The van der Waals surface area contributed by atoms with E-state index in [4.69, 9.17) is 0 Å². The Bertz CT molecular complexity index is 1150. The zero-order valence-electron chi connectivity index (χ0n) is 16.4. The summed E-state index contributed by atoms with van der Waals surface area (Å²) in [6, 6.07) is 19.7. The number of carbonyl (C=O) groups excluding carboxylic acids is 1. The second kappa shape index (κ2) is 8.98. The third kappa shape index (κ3) is 4.52. The summed E-state index contributed by atoms with van der Waals surface area (Å²) in [6.45, 7) is 4.29. The Balaban J connectivity index is 1.79. The first-order chi connectivity index (χ1) is 14.0. The minimum absolute atomic E-state index is 0.0897. The van der Waals surface area contributed by atoms with Crippen LogP contribution in [-0.2, 0) is 10.0 Å². The fourth-order valence-electron chi connectivity index (χ4n) is 3.10. The van der Waals surface area contributed by atoms with Gasteiger partial charge in [0.15, 0.2) is 0 Å². The van der Waals surface area contributed by atoms with E-state index in [1.54, 1.807) is 32.2 Å². The van der Waals surface area contributed by atoms with E-state index in [1.165, 1.54) is 16.4 Å². The van der Waals surface area contributed by atoms with Gasteiger partial charge in [-0.2, -0.15) is 9.41 Å². The Morgan fingerprint density at radius 3 is 2.45 bits per heavy atom. The molecular weight excluding hydrogens is 386 g/mol. The van der Waals surface area contributed by atoms with Gasteiger partial charge in [-0.15, -0.1) is 0 Å². The number of carbonyl (C=O) groups is 1. The zero-order chi connectivity index (χ0) is 20.9. The summed E-state index contributed by atoms with van der Waals surface area (Å²) in [7, 11) is -3.63. The number of benzene rings is 3. The number of fused-ring (bicyclic) bond motifs is 1. The molecule has 0 spiro atoms. The molecule has 0 bridgehead atoms. The van der Waals surface area contributed by atoms with Gasteiger partial charge in [-0.1, -0.05) is 62.4 Å². The summed E-state index contributed by atoms with van der Waals surface area (Å²) in [5.41, 5.74) is 3.58. The topological polar surface area (TPSA) is 78.8 Å². The van der Waals surface area contributed by atoms with E-state index in [1.807, 2.05) is 42.5 Å². The van der Waals surface area contributed by atoms with Gasteiger partial charge in [0.05, 0.1) is 11.1 Å². The third-order valence-electron chi connectivity index (χ3n) is 4.63. The van der Waals surface area contributed by atoms with Crippen LogP contribution in [0.1, 0.15) is 29.8 Å². The maximum Gasteiger partial charge on any atom is 0.271 e. The summed E-state index contributed by atoms with van der Waals surface area (Å²) >= 11 is 0. The van der Waals surface area contributed by atoms with Crippen molar-refractivity contribution in [2.45, 2.75) is 18.7 Å². The summed E-state index contributed by atoms with van der Waals surface area (Å²) in [5.74, 6) is -0.474. The Morgan fingerprint density at radius 1 is 1.00 bits per heavy atom. The molecule has 7 heteroatoms. The van der Waals surface area contributed by atoms with Crippen molar-refractivity contribution >= 4 is 32.9 Å². The SMILES string of the molecule is CCN(CC)S(=O)(=O)c1cccc(C(=O)N/N=C\c2cccc3ccccc23)c1. The van der Waals surface area contributed by atoms with Crippen LogP contribution in [-0.4, -0.2) is 37.9 Å². The molecular formula is C22H23N3O3S. The largest absolute Gasteiger partial charge is 0.271 e. The maximum atomic E-state index is 12.7. The molecule has 6 nitrogen and oxygen atoms in total. The number of hydrogen-bond acceptors (Lipinski definition) is 4. The second-order valence-corrected chi connectivity index (χ2v) is 8.32. The predicted molar refractivity (Wildman–Crippen MR) is 116 cm³/mol. The number of nitrogens with one attached hydrogen (secondary N) is 1. The van der Waals surface area contributed by atoms with Crippen molar-refractivity contribution in [1.29, 1.82) is 0 Å². The normalized spacial score (nSPS) is 12.0. The Kier molecular flexibility index (Phi) is 6.41. The van der Waals surface area contributed by atoms with Crippen molar-refractivity contribution in [3.05, 3.63) is 77.9 Å². The molecule has 0 heterocycles. The summed E-state index contributed by atoms with van der Waals surface area (Å²) in [6.07, 6.45) is 1.58. The molecule has 0 aliphatic carbocycles. The molecule has 0 aliphatic heterocycles. The van der Waals surface area contributed by atoms with Crippen LogP contribution in [0, 0.1) is 0 Å². The molecule has 150 valence electrons. The van der Waals surface area contributed by atoms with Gasteiger partial charge in [0.2, 0.25) is 10.0 Å². The average Bonchev–Trinajstić information content (AvgIpc) is 2.74. The van der Waals surface area contributed by atoms with E-state index in [9.17, 15) is 13.2 Å². The highest BCUT2D eigenvalue weighted by atomic mass is 32.2. The third-order valence-corrected chi connectivity index (χ3v) is 6.68. The number of hydrogen-bond donors (Lipinski definition) is 1. The molecule has 0 atom stereocenters. The fraction of sp³-hybridized carbons (Fsp3) is 0.182. The van der Waals surface area contributed by atoms with Gasteiger partial charge < -0.3 is 0 Å². The molecule has 0 saturated carbocycles. The van der Waals surface area contributed by atoms with Gasteiger partial charge in [-0.25, -0.2) is 13.8 Å². The van der Waals surface area contributed by atoms with Crippen LogP contribution >= 0.6 is 0 Å². The van der Waals surface area contributed by atoms with Gasteiger partial charge in [0.1, 0.15) is 0 Å². The zero-order valence-corrected chi connectivity index (χ0v) is 17.2. The number of hydrazone groups is 1. The Labute approximate surface area is 170 Å². The van der Waals surface area contributed by atoms with E-state index in [0.29, 0.717) is 13.1 Å². The molecule has 0 radical (unpaired) electrons. The van der Waals surface area contributed by atoms with Crippen LogP contribution in [0.5, 0.6) is 0 Å². The smallest absolute Gasteiger partial charge is 0.267 e. The molecule has 3 rings (SSSR count). The molecule has 0 saturated heterocycles. The van der Waals surface area contributed by atoms with Crippen molar-refractivity contribution in [3.8, 4) is 0 Å². The van der Waals surface area contributed by atoms with E-state index in [2.05, 4.69) is 10.5 Å². The highest BCUT2D eigenvalue weighted by Gasteiger charge is 2.22. The minimum Gasteiger partial charge on any atom is -0.267 e. The molecule has 0 aromatic heterocycles. The Hall–Kier alpha value is -3.03. The molecule has 3 aromatic rings. The van der Waals surface area contributed by atoms with Crippen molar-refractivity contribution in [2.24, 2.45) is 5.10 Å². The lowest BCUT2D eigenvalue weighted by atomic mass is 10.1. The van der Waals surface area contributed by atoms with Crippen molar-refractivity contribution in [3.63, 3.8) is 0 Å². The summed E-state index contributed by atoms with van der Waals surface area (Å²) in [5, 5.41) is 6.15. The second-order valence-electron chi connectivity index (χ2n) is 6.38. The van der Waals surface area contributed by atoms with Gasteiger partial charge in [0.25, 0.3) is 5.91 Å². The monoisotopic (exact) mass is 409 g/mol. The summed E-state index contributed by atoms with van der Waals surface area (Å²) < 4.78 is 26.7. The standard InChI is InChI=1S/C22H23N3O3S/c1-3-25(4-2)29(27,28)20-13-8-11-18(15-20)22(26)24-23-16-19-12-7-10-17-9-5-6-14-21(17)19/h5-16H,3-4H2,1-2H3,(H,24,26)/b23-16-. The maximum absolute atomic E-state index is 12.7. The Morgan fingerprint density at radius 2 is 1.69 bits per heavy atom. The van der Waals surface area contributed by atoms with Crippen LogP contribution in [0.3, 0.4) is 0 Å². The van der Waals surface area contributed by atoms with Gasteiger partial charge in [-0.3, -0.25) is 4.79 Å². The number of amides is 1.